The predicted octanol–water partition coefficient (Wildman–Crippen LogP) is 4.79. The number of aryl methyl sites for hydroxylation is 3. The zero-order valence-corrected chi connectivity index (χ0v) is 14.4. The van der Waals surface area contributed by atoms with Crippen molar-refractivity contribution < 1.29 is 9.53 Å². The number of rotatable bonds is 6. The van der Waals surface area contributed by atoms with E-state index in [1.807, 2.05) is 38.1 Å². The predicted molar refractivity (Wildman–Crippen MR) is 95.0 cm³/mol. The maximum Gasteiger partial charge on any atom is 0.224 e. The second-order valence-electron chi connectivity index (χ2n) is 5.74. The minimum Gasteiger partial charge on any atom is -0.489 e. The van der Waals surface area contributed by atoms with Crippen LogP contribution in [0.3, 0.4) is 0 Å². The Morgan fingerprint density at radius 2 is 1.87 bits per heavy atom. The molecule has 1 N–H and O–H groups in total. The van der Waals surface area contributed by atoms with Crippen molar-refractivity contribution in [2.75, 3.05) is 5.32 Å². The van der Waals surface area contributed by atoms with Crippen molar-refractivity contribution >= 4 is 11.6 Å². The first-order valence-corrected chi connectivity index (χ1v) is 8.15. The Kier molecular flexibility index (Phi) is 5.80. The highest BCUT2D eigenvalue weighted by atomic mass is 16.5. The van der Waals surface area contributed by atoms with Crippen LogP contribution in [0.5, 0.6) is 5.75 Å². The van der Waals surface area contributed by atoms with Gasteiger partial charge in [-0.25, -0.2) is 0 Å². The summed E-state index contributed by atoms with van der Waals surface area (Å²) in [5, 5.41) is 2.95. The molecule has 0 heterocycles. The molecule has 3 heteroatoms. The molecular weight excluding hydrogens is 286 g/mol. The van der Waals surface area contributed by atoms with Gasteiger partial charge >= 0.3 is 0 Å². The van der Waals surface area contributed by atoms with Gasteiger partial charge in [0.05, 0.1) is 0 Å². The van der Waals surface area contributed by atoms with Crippen molar-refractivity contribution in [3.8, 4) is 5.75 Å². The minimum atomic E-state index is 0.0142. The number of carbonyl (C=O) groups excluding carboxylic acids is 1. The first-order valence-electron chi connectivity index (χ1n) is 8.15. The highest BCUT2D eigenvalue weighted by Gasteiger charge is 2.10. The summed E-state index contributed by atoms with van der Waals surface area (Å²) in [5.41, 5.74) is 5.41. The molecule has 1 amide bonds. The molecule has 0 fully saturated rings. The van der Waals surface area contributed by atoms with Crippen molar-refractivity contribution in [2.45, 2.75) is 47.1 Å². The highest BCUT2D eigenvalue weighted by molar-refractivity contribution is 5.91. The topological polar surface area (TPSA) is 38.3 Å². The molecule has 3 nitrogen and oxygen atoms in total. The Morgan fingerprint density at radius 1 is 1.09 bits per heavy atom. The lowest BCUT2D eigenvalue weighted by Crippen LogP contribution is -2.13. The van der Waals surface area contributed by atoms with Crippen LogP contribution in [0.25, 0.3) is 0 Å². The van der Waals surface area contributed by atoms with Crippen LogP contribution in [0, 0.1) is 13.8 Å². The van der Waals surface area contributed by atoms with Crippen LogP contribution in [0.15, 0.2) is 36.4 Å². The van der Waals surface area contributed by atoms with Crippen LogP contribution in [0.1, 0.15) is 42.5 Å². The number of ether oxygens (including phenoxy) is 1. The molecule has 0 spiro atoms. The van der Waals surface area contributed by atoms with Crippen molar-refractivity contribution in [1.29, 1.82) is 0 Å². The van der Waals surface area contributed by atoms with Crippen LogP contribution < -0.4 is 10.1 Å². The third-order valence-electron chi connectivity index (χ3n) is 4.03. The highest BCUT2D eigenvalue weighted by Crippen LogP contribution is 2.25. The van der Waals surface area contributed by atoms with Crippen molar-refractivity contribution in [1.82, 2.24) is 0 Å². The molecule has 23 heavy (non-hydrogen) atoms. The molecule has 0 aliphatic heterocycles. The maximum absolute atomic E-state index is 11.7. The van der Waals surface area contributed by atoms with Crippen LogP contribution in [-0.4, -0.2) is 5.91 Å². The summed E-state index contributed by atoms with van der Waals surface area (Å²) in [5.74, 6) is 0.901. The fourth-order valence-corrected chi connectivity index (χ4v) is 2.49. The van der Waals surface area contributed by atoms with Gasteiger partial charge in [0.1, 0.15) is 12.4 Å². The average Bonchev–Trinajstić information content (AvgIpc) is 2.55. The van der Waals surface area contributed by atoms with E-state index in [1.165, 1.54) is 5.56 Å². The largest absolute Gasteiger partial charge is 0.489 e. The van der Waals surface area contributed by atoms with Gasteiger partial charge in [0, 0.05) is 17.7 Å². The average molecular weight is 311 g/mol. The Hall–Kier alpha value is -2.29. The van der Waals surface area contributed by atoms with Gasteiger partial charge in [-0.1, -0.05) is 38.1 Å². The van der Waals surface area contributed by atoms with Gasteiger partial charge in [-0.3, -0.25) is 4.79 Å². The quantitative estimate of drug-likeness (QED) is 0.832. The molecule has 0 aliphatic carbocycles. The van der Waals surface area contributed by atoms with Crippen LogP contribution >= 0.6 is 0 Å². The molecule has 0 saturated carbocycles. The number of nitrogens with one attached hydrogen (secondary N) is 1. The van der Waals surface area contributed by atoms with Gasteiger partial charge in [-0.2, -0.15) is 0 Å². The van der Waals surface area contributed by atoms with Crippen LogP contribution in [0.2, 0.25) is 0 Å². The molecule has 122 valence electrons. The fraction of sp³-hybridized carbons (Fsp3) is 0.350. The lowest BCUT2D eigenvalue weighted by atomic mass is 10.1. The van der Waals surface area contributed by atoms with Gasteiger partial charge in [0.2, 0.25) is 5.91 Å². The Balaban J connectivity index is 2.18. The van der Waals surface area contributed by atoms with Gasteiger partial charge in [-0.05, 0) is 49.1 Å². The summed E-state index contributed by atoms with van der Waals surface area (Å²) in [6, 6.07) is 12.2. The molecular formula is C20H25NO2. The third-order valence-corrected chi connectivity index (χ3v) is 4.03. The number of hydrogen-bond donors (Lipinski definition) is 1. The van der Waals surface area contributed by atoms with Crippen molar-refractivity contribution in [3.05, 3.63) is 58.7 Å². The summed E-state index contributed by atoms with van der Waals surface area (Å²) in [4.78, 5) is 11.7. The van der Waals surface area contributed by atoms with Gasteiger partial charge < -0.3 is 10.1 Å². The van der Waals surface area contributed by atoms with E-state index in [0.717, 1.165) is 34.5 Å². The zero-order valence-electron chi connectivity index (χ0n) is 14.4. The summed E-state index contributed by atoms with van der Waals surface area (Å²) < 4.78 is 6.01. The molecule has 0 aliphatic rings. The van der Waals surface area contributed by atoms with Crippen molar-refractivity contribution in [3.63, 3.8) is 0 Å². The Labute approximate surface area is 138 Å². The fourth-order valence-electron chi connectivity index (χ4n) is 2.49. The Bertz CT molecular complexity index is 692. The van der Waals surface area contributed by atoms with E-state index in [-0.39, 0.29) is 5.91 Å². The summed E-state index contributed by atoms with van der Waals surface area (Å²) >= 11 is 0. The van der Waals surface area contributed by atoms with E-state index in [9.17, 15) is 4.79 Å². The van der Waals surface area contributed by atoms with Gasteiger partial charge in [0.25, 0.3) is 0 Å². The lowest BCUT2D eigenvalue weighted by Gasteiger charge is -2.16. The standard InChI is InChI=1S/C20H25NO2/c1-5-16-10-11-19(15(4)12-16)23-13-17-14(3)8-7-9-18(17)21-20(22)6-2/h7-12H,5-6,13H2,1-4H3,(H,21,22). The van der Waals surface area contributed by atoms with E-state index in [0.29, 0.717) is 13.0 Å². The number of benzene rings is 2. The van der Waals surface area contributed by atoms with Crippen LogP contribution in [0.4, 0.5) is 5.69 Å². The minimum absolute atomic E-state index is 0.0142. The van der Waals surface area contributed by atoms with E-state index in [1.54, 1.807) is 0 Å². The molecule has 0 unspecified atom stereocenters. The smallest absolute Gasteiger partial charge is 0.224 e. The SMILES string of the molecule is CCC(=O)Nc1cccc(C)c1COc1ccc(CC)cc1C. The summed E-state index contributed by atoms with van der Waals surface area (Å²) in [6.07, 6.45) is 1.48. The van der Waals surface area contributed by atoms with Gasteiger partial charge in [0.15, 0.2) is 0 Å². The van der Waals surface area contributed by atoms with E-state index >= 15 is 0 Å². The van der Waals surface area contributed by atoms with E-state index in [4.69, 9.17) is 4.74 Å². The van der Waals surface area contributed by atoms with E-state index < -0.39 is 0 Å². The summed E-state index contributed by atoms with van der Waals surface area (Å²) in [6.45, 7) is 8.53. The lowest BCUT2D eigenvalue weighted by molar-refractivity contribution is -0.115. The second kappa shape index (κ2) is 7.82. The number of hydrogen-bond acceptors (Lipinski definition) is 2. The molecule has 0 radical (unpaired) electrons. The third kappa shape index (κ3) is 4.35. The normalized spacial score (nSPS) is 10.4. The number of carbonyl (C=O) groups is 1. The van der Waals surface area contributed by atoms with Gasteiger partial charge in [-0.15, -0.1) is 0 Å². The number of amides is 1. The van der Waals surface area contributed by atoms with Crippen LogP contribution in [-0.2, 0) is 17.8 Å². The first kappa shape index (κ1) is 17.1. The molecule has 0 saturated heterocycles. The molecule has 0 aromatic heterocycles. The van der Waals surface area contributed by atoms with Crippen molar-refractivity contribution in [2.24, 2.45) is 0 Å². The van der Waals surface area contributed by atoms with E-state index in [2.05, 4.69) is 31.3 Å². The summed E-state index contributed by atoms with van der Waals surface area (Å²) in [7, 11) is 0. The second-order valence-corrected chi connectivity index (χ2v) is 5.74. The molecule has 2 aromatic carbocycles. The zero-order chi connectivity index (χ0) is 16.8. The maximum atomic E-state index is 11.7. The number of anilines is 1. The molecule has 0 bridgehead atoms. The first-order chi connectivity index (χ1) is 11.0. The molecule has 2 aromatic rings. The Morgan fingerprint density at radius 3 is 2.52 bits per heavy atom. The molecule has 2 rings (SSSR count). The monoisotopic (exact) mass is 311 g/mol. The molecule has 0 atom stereocenters.